The van der Waals surface area contributed by atoms with Crippen molar-refractivity contribution in [2.45, 2.75) is 26.1 Å². The van der Waals surface area contributed by atoms with E-state index in [-0.39, 0.29) is 12.1 Å². The van der Waals surface area contributed by atoms with E-state index in [9.17, 15) is 4.79 Å². The second kappa shape index (κ2) is 8.06. The van der Waals surface area contributed by atoms with Crippen molar-refractivity contribution in [3.8, 4) is 0 Å². The minimum Gasteiger partial charge on any atom is -0.459 e. The van der Waals surface area contributed by atoms with Crippen LogP contribution in [0.25, 0.3) is 11.0 Å². The van der Waals surface area contributed by atoms with Gasteiger partial charge in [-0.05, 0) is 44.3 Å². The smallest absolute Gasteiger partial charge is 0.315 e. The van der Waals surface area contributed by atoms with Crippen LogP contribution in [0.3, 0.4) is 0 Å². The highest BCUT2D eigenvalue weighted by molar-refractivity contribution is 5.78. The third kappa shape index (κ3) is 4.64. The number of carbonyl (C=O) groups is 1. The zero-order valence-corrected chi connectivity index (χ0v) is 15.5. The van der Waals surface area contributed by atoms with E-state index < -0.39 is 0 Å². The molecule has 2 amide bonds. The van der Waals surface area contributed by atoms with Crippen molar-refractivity contribution in [1.29, 1.82) is 0 Å². The third-order valence-corrected chi connectivity index (χ3v) is 4.16. The lowest BCUT2D eigenvalue weighted by atomic mass is 10.1. The van der Waals surface area contributed by atoms with Gasteiger partial charge in [-0.2, -0.15) is 0 Å². The molecule has 2 N–H and O–H groups in total. The Bertz CT molecular complexity index is 853. The number of hydrogen-bond acceptors (Lipinski definition) is 3. The van der Waals surface area contributed by atoms with Gasteiger partial charge in [0.05, 0.1) is 6.04 Å². The average Bonchev–Trinajstić information content (AvgIpc) is 3.04. The second-order valence-corrected chi connectivity index (χ2v) is 6.79. The van der Waals surface area contributed by atoms with Gasteiger partial charge < -0.3 is 20.0 Å². The number of hydrogen-bond donors (Lipinski definition) is 2. The Balaban J connectivity index is 1.55. The van der Waals surface area contributed by atoms with Gasteiger partial charge in [0.15, 0.2) is 0 Å². The standard InChI is InChI=1S/C21H25N3O2/c1-15(20-12-18-9-4-5-10-19(18)26-20)23-21(25)22-13-16-7-6-8-17(11-16)14-24(2)3/h4-12,15H,13-14H2,1-3H3,(H2,22,23,25). The van der Waals surface area contributed by atoms with E-state index in [0.29, 0.717) is 6.54 Å². The summed E-state index contributed by atoms with van der Waals surface area (Å²) in [5, 5.41) is 6.87. The zero-order chi connectivity index (χ0) is 18.5. The Kier molecular flexibility index (Phi) is 5.58. The van der Waals surface area contributed by atoms with Gasteiger partial charge in [0.1, 0.15) is 11.3 Å². The molecule has 0 fully saturated rings. The minimum atomic E-state index is -0.212. The molecule has 0 aliphatic carbocycles. The molecule has 0 radical (unpaired) electrons. The summed E-state index contributed by atoms with van der Waals surface area (Å²) in [7, 11) is 4.08. The maximum atomic E-state index is 12.2. The van der Waals surface area contributed by atoms with Gasteiger partial charge >= 0.3 is 6.03 Å². The third-order valence-electron chi connectivity index (χ3n) is 4.16. The Morgan fingerprint density at radius 1 is 1.08 bits per heavy atom. The highest BCUT2D eigenvalue weighted by atomic mass is 16.3. The maximum absolute atomic E-state index is 12.2. The first-order chi connectivity index (χ1) is 12.5. The van der Waals surface area contributed by atoms with Crippen molar-refractivity contribution in [2.24, 2.45) is 0 Å². The van der Waals surface area contributed by atoms with E-state index >= 15 is 0 Å². The van der Waals surface area contributed by atoms with Crippen molar-refractivity contribution in [2.75, 3.05) is 14.1 Å². The number of rotatable bonds is 6. The van der Waals surface area contributed by atoms with Crippen molar-refractivity contribution >= 4 is 17.0 Å². The van der Waals surface area contributed by atoms with Crippen molar-refractivity contribution in [3.63, 3.8) is 0 Å². The normalized spacial score (nSPS) is 12.3. The molecule has 1 aromatic heterocycles. The Morgan fingerprint density at radius 3 is 2.62 bits per heavy atom. The van der Waals surface area contributed by atoms with Crippen LogP contribution in [0, 0.1) is 0 Å². The van der Waals surface area contributed by atoms with E-state index in [0.717, 1.165) is 28.8 Å². The van der Waals surface area contributed by atoms with Gasteiger partial charge in [-0.1, -0.05) is 42.5 Å². The van der Waals surface area contributed by atoms with Crippen LogP contribution in [0.15, 0.2) is 59.0 Å². The van der Waals surface area contributed by atoms with Gasteiger partial charge in [-0.25, -0.2) is 4.79 Å². The Labute approximate surface area is 154 Å². The van der Waals surface area contributed by atoms with Crippen LogP contribution in [0.1, 0.15) is 29.9 Å². The molecule has 2 aromatic carbocycles. The Hall–Kier alpha value is -2.79. The van der Waals surface area contributed by atoms with Crippen LogP contribution in [-0.4, -0.2) is 25.0 Å². The van der Waals surface area contributed by atoms with E-state index in [4.69, 9.17) is 4.42 Å². The van der Waals surface area contributed by atoms with E-state index in [1.54, 1.807) is 0 Å². The first-order valence-corrected chi connectivity index (χ1v) is 8.76. The summed E-state index contributed by atoms with van der Waals surface area (Å²) in [6, 6.07) is 17.6. The fourth-order valence-corrected chi connectivity index (χ4v) is 2.92. The van der Waals surface area contributed by atoms with E-state index in [1.165, 1.54) is 5.56 Å². The van der Waals surface area contributed by atoms with E-state index in [1.807, 2.05) is 63.5 Å². The number of carbonyl (C=O) groups excluding carboxylic acids is 1. The molecule has 3 rings (SSSR count). The molecular formula is C21H25N3O2. The number of nitrogens with zero attached hydrogens (tertiary/aromatic N) is 1. The van der Waals surface area contributed by atoms with Crippen LogP contribution in [0.4, 0.5) is 4.79 Å². The molecule has 0 bridgehead atoms. The molecule has 0 aliphatic heterocycles. The van der Waals surface area contributed by atoms with Crippen LogP contribution < -0.4 is 10.6 Å². The number of amides is 2. The highest BCUT2D eigenvalue weighted by Gasteiger charge is 2.14. The molecule has 1 heterocycles. The van der Waals surface area contributed by atoms with E-state index in [2.05, 4.69) is 27.7 Å². The minimum absolute atomic E-state index is 0.206. The molecule has 1 unspecified atom stereocenters. The number of nitrogens with one attached hydrogen (secondary N) is 2. The predicted octanol–water partition coefficient (Wildman–Crippen LogP) is 4.05. The molecule has 0 saturated heterocycles. The molecule has 5 heteroatoms. The summed E-state index contributed by atoms with van der Waals surface area (Å²) < 4.78 is 5.80. The first-order valence-electron chi connectivity index (χ1n) is 8.76. The first kappa shape index (κ1) is 18.0. The number of para-hydroxylation sites is 1. The summed E-state index contributed by atoms with van der Waals surface area (Å²) in [6.07, 6.45) is 0. The number of benzene rings is 2. The monoisotopic (exact) mass is 351 g/mol. The average molecular weight is 351 g/mol. The molecule has 0 saturated carbocycles. The van der Waals surface area contributed by atoms with Gasteiger partial charge in [-0.3, -0.25) is 0 Å². The van der Waals surface area contributed by atoms with Gasteiger partial charge in [-0.15, -0.1) is 0 Å². The zero-order valence-electron chi connectivity index (χ0n) is 15.5. The molecular weight excluding hydrogens is 326 g/mol. The van der Waals surface area contributed by atoms with Crippen molar-refractivity contribution in [1.82, 2.24) is 15.5 Å². The van der Waals surface area contributed by atoms with Crippen LogP contribution in [0.5, 0.6) is 0 Å². The number of furan rings is 1. The second-order valence-electron chi connectivity index (χ2n) is 6.79. The molecule has 0 aliphatic rings. The maximum Gasteiger partial charge on any atom is 0.315 e. The SMILES string of the molecule is CC(NC(=O)NCc1cccc(CN(C)C)c1)c1cc2ccccc2o1. The fourth-order valence-electron chi connectivity index (χ4n) is 2.92. The predicted molar refractivity (Wildman–Crippen MR) is 104 cm³/mol. The summed E-state index contributed by atoms with van der Waals surface area (Å²) in [6.45, 7) is 3.28. The summed E-state index contributed by atoms with van der Waals surface area (Å²) in [4.78, 5) is 14.3. The fraction of sp³-hybridized carbons (Fsp3) is 0.286. The molecule has 1 atom stereocenters. The number of fused-ring (bicyclic) bond motifs is 1. The van der Waals surface area contributed by atoms with Gasteiger partial charge in [0.2, 0.25) is 0 Å². The molecule has 136 valence electrons. The number of urea groups is 1. The quantitative estimate of drug-likeness (QED) is 0.704. The lowest BCUT2D eigenvalue weighted by molar-refractivity contribution is 0.236. The van der Waals surface area contributed by atoms with Gasteiger partial charge in [0, 0.05) is 18.5 Å². The lowest BCUT2D eigenvalue weighted by Gasteiger charge is -2.14. The van der Waals surface area contributed by atoms with Gasteiger partial charge in [0.25, 0.3) is 0 Å². The molecule has 5 nitrogen and oxygen atoms in total. The topological polar surface area (TPSA) is 57.5 Å². The lowest BCUT2D eigenvalue weighted by Crippen LogP contribution is -2.36. The van der Waals surface area contributed by atoms with Crippen molar-refractivity contribution < 1.29 is 9.21 Å². The van der Waals surface area contributed by atoms with Crippen LogP contribution >= 0.6 is 0 Å². The molecule has 3 aromatic rings. The summed E-state index contributed by atoms with van der Waals surface area (Å²) in [5.74, 6) is 0.745. The summed E-state index contributed by atoms with van der Waals surface area (Å²) >= 11 is 0. The largest absolute Gasteiger partial charge is 0.459 e. The molecule has 26 heavy (non-hydrogen) atoms. The Morgan fingerprint density at radius 2 is 1.85 bits per heavy atom. The van der Waals surface area contributed by atoms with Crippen LogP contribution in [-0.2, 0) is 13.1 Å². The van der Waals surface area contributed by atoms with Crippen LogP contribution in [0.2, 0.25) is 0 Å². The van der Waals surface area contributed by atoms with Crippen molar-refractivity contribution in [3.05, 3.63) is 71.5 Å². The molecule has 0 spiro atoms. The highest BCUT2D eigenvalue weighted by Crippen LogP contribution is 2.23. The summed E-state index contributed by atoms with van der Waals surface area (Å²) in [5.41, 5.74) is 3.13.